The van der Waals surface area contributed by atoms with Crippen molar-refractivity contribution in [3.8, 4) is 11.6 Å². The van der Waals surface area contributed by atoms with Crippen molar-refractivity contribution in [3.05, 3.63) is 39.5 Å². The molecule has 0 amide bonds. The second-order valence-electron chi connectivity index (χ2n) is 5.18. The van der Waals surface area contributed by atoms with Gasteiger partial charge in [0, 0.05) is 18.1 Å². The molecule has 0 fully saturated rings. The van der Waals surface area contributed by atoms with E-state index in [2.05, 4.69) is 33.3 Å². The SMILES string of the molecule is CCCNCc1c(C)nn(C)c1Oc1ccc(Br)cc1C. The Labute approximate surface area is 134 Å². The van der Waals surface area contributed by atoms with Crippen LogP contribution in [0.5, 0.6) is 11.6 Å². The van der Waals surface area contributed by atoms with Gasteiger partial charge in [-0.1, -0.05) is 22.9 Å². The number of hydrogen-bond donors (Lipinski definition) is 1. The first kappa shape index (κ1) is 16.0. The van der Waals surface area contributed by atoms with Gasteiger partial charge in [-0.15, -0.1) is 0 Å². The van der Waals surface area contributed by atoms with Gasteiger partial charge in [-0.3, -0.25) is 0 Å². The van der Waals surface area contributed by atoms with Gasteiger partial charge in [-0.05, 0) is 50.6 Å². The highest BCUT2D eigenvalue weighted by atomic mass is 79.9. The van der Waals surface area contributed by atoms with Gasteiger partial charge in [0.2, 0.25) is 5.88 Å². The van der Waals surface area contributed by atoms with Crippen molar-refractivity contribution in [2.75, 3.05) is 6.54 Å². The predicted molar refractivity (Wildman–Crippen MR) is 88.9 cm³/mol. The maximum atomic E-state index is 6.12. The van der Waals surface area contributed by atoms with E-state index >= 15 is 0 Å². The summed E-state index contributed by atoms with van der Waals surface area (Å²) in [7, 11) is 1.92. The molecule has 0 bridgehead atoms. The minimum atomic E-state index is 0.776. The third-order valence-electron chi connectivity index (χ3n) is 3.36. The van der Waals surface area contributed by atoms with E-state index in [0.717, 1.165) is 52.4 Å². The lowest BCUT2D eigenvalue weighted by Crippen LogP contribution is -2.14. The molecule has 0 aliphatic carbocycles. The first-order valence-electron chi connectivity index (χ1n) is 7.20. The van der Waals surface area contributed by atoms with Crippen molar-refractivity contribution in [1.29, 1.82) is 0 Å². The van der Waals surface area contributed by atoms with Crippen LogP contribution in [0.15, 0.2) is 22.7 Å². The highest BCUT2D eigenvalue weighted by Crippen LogP contribution is 2.30. The van der Waals surface area contributed by atoms with Gasteiger partial charge >= 0.3 is 0 Å². The Bertz CT molecular complexity index is 622. The minimum absolute atomic E-state index is 0.776. The Morgan fingerprint density at radius 2 is 2.10 bits per heavy atom. The van der Waals surface area contributed by atoms with E-state index in [1.807, 2.05) is 39.1 Å². The molecule has 5 heteroatoms. The standard InChI is InChI=1S/C16H22BrN3O/c1-5-8-18-10-14-12(3)19-20(4)16(14)21-15-7-6-13(17)9-11(15)2/h6-7,9,18H,5,8,10H2,1-4H3. The normalized spacial score (nSPS) is 10.9. The second-order valence-corrected chi connectivity index (χ2v) is 6.10. The number of aryl methyl sites for hydroxylation is 3. The van der Waals surface area contributed by atoms with E-state index in [1.54, 1.807) is 4.68 Å². The van der Waals surface area contributed by atoms with Crippen LogP contribution < -0.4 is 10.1 Å². The first-order chi connectivity index (χ1) is 10.0. The molecule has 1 aromatic carbocycles. The fraction of sp³-hybridized carbons (Fsp3) is 0.438. The van der Waals surface area contributed by atoms with Crippen molar-refractivity contribution in [2.45, 2.75) is 33.7 Å². The van der Waals surface area contributed by atoms with E-state index in [1.165, 1.54) is 0 Å². The highest BCUT2D eigenvalue weighted by molar-refractivity contribution is 9.10. The van der Waals surface area contributed by atoms with E-state index in [-0.39, 0.29) is 0 Å². The quantitative estimate of drug-likeness (QED) is 0.796. The van der Waals surface area contributed by atoms with Gasteiger partial charge in [0.05, 0.1) is 11.3 Å². The number of nitrogens with zero attached hydrogens (tertiary/aromatic N) is 2. The number of nitrogens with one attached hydrogen (secondary N) is 1. The lowest BCUT2D eigenvalue weighted by molar-refractivity contribution is 0.421. The maximum absolute atomic E-state index is 6.12. The first-order valence-corrected chi connectivity index (χ1v) is 7.99. The van der Waals surface area contributed by atoms with Crippen LogP contribution in [0.3, 0.4) is 0 Å². The average Bonchev–Trinajstić information content (AvgIpc) is 2.68. The van der Waals surface area contributed by atoms with Crippen LogP contribution >= 0.6 is 15.9 Å². The number of hydrogen-bond acceptors (Lipinski definition) is 3. The van der Waals surface area contributed by atoms with Gasteiger partial charge in [-0.25, -0.2) is 4.68 Å². The summed E-state index contributed by atoms with van der Waals surface area (Å²) in [4.78, 5) is 0. The Balaban J connectivity index is 2.26. The van der Waals surface area contributed by atoms with Crippen LogP contribution in [0.4, 0.5) is 0 Å². The number of benzene rings is 1. The third-order valence-corrected chi connectivity index (χ3v) is 3.85. The maximum Gasteiger partial charge on any atom is 0.222 e. The predicted octanol–water partition coefficient (Wildman–Crippen LogP) is 4.09. The summed E-state index contributed by atoms with van der Waals surface area (Å²) >= 11 is 3.47. The van der Waals surface area contributed by atoms with Crippen LogP contribution in [0.1, 0.15) is 30.2 Å². The minimum Gasteiger partial charge on any atom is -0.439 e. The molecule has 0 atom stereocenters. The average molecular weight is 352 g/mol. The van der Waals surface area contributed by atoms with Crippen molar-refractivity contribution < 1.29 is 4.74 Å². The van der Waals surface area contributed by atoms with Crippen molar-refractivity contribution in [2.24, 2.45) is 7.05 Å². The summed E-state index contributed by atoms with van der Waals surface area (Å²) in [5.74, 6) is 1.67. The van der Waals surface area contributed by atoms with Crippen LogP contribution in [0, 0.1) is 13.8 Å². The summed E-state index contributed by atoms with van der Waals surface area (Å²) in [6, 6.07) is 6.01. The van der Waals surface area contributed by atoms with Crippen LogP contribution in [0.25, 0.3) is 0 Å². The van der Waals surface area contributed by atoms with Gasteiger partial charge in [0.15, 0.2) is 0 Å². The molecule has 0 aliphatic rings. The molecule has 0 spiro atoms. The number of aromatic nitrogens is 2. The van der Waals surface area contributed by atoms with Gasteiger partial charge in [0.1, 0.15) is 5.75 Å². The summed E-state index contributed by atoms with van der Waals surface area (Å²) in [5.41, 5.74) is 3.22. The van der Waals surface area contributed by atoms with E-state index in [4.69, 9.17) is 4.74 Å². The molecule has 1 aromatic heterocycles. The molecule has 2 aromatic rings. The molecule has 1 heterocycles. The smallest absolute Gasteiger partial charge is 0.222 e. The summed E-state index contributed by atoms with van der Waals surface area (Å²) in [6.07, 6.45) is 1.11. The Morgan fingerprint density at radius 1 is 1.33 bits per heavy atom. The van der Waals surface area contributed by atoms with E-state index in [0.29, 0.717) is 0 Å². The number of ether oxygens (including phenoxy) is 1. The van der Waals surface area contributed by atoms with Crippen molar-refractivity contribution in [1.82, 2.24) is 15.1 Å². The summed E-state index contributed by atoms with van der Waals surface area (Å²) < 4.78 is 8.98. The fourth-order valence-corrected chi connectivity index (χ4v) is 2.71. The number of rotatable bonds is 6. The van der Waals surface area contributed by atoms with Crippen LogP contribution in [-0.4, -0.2) is 16.3 Å². The molecule has 2 rings (SSSR count). The van der Waals surface area contributed by atoms with Gasteiger partial charge in [-0.2, -0.15) is 5.10 Å². The molecule has 114 valence electrons. The fourth-order valence-electron chi connectivity index (χ4n) is 2.23. The molecule has 21 heavy (non-hydrogen) atoms. The highest BCUT2D eigenvalue weighted by Gasteiger charge is 2.16. The zero-order chi connectivity index (χ0) is 15.4. The Kier molecular flexibility index (Phi) is 5.42. The molecule has 0 aliphatic heterocycles. The molecule has 0 saturated carbocycles. The second kappa shape index (κ2) is 7.09. The monoisotopic (exact) mass is 351 g/mol. The van der Waals surface area contributed by atoms with Crippen molar-refractivity contribution >= 4 is 15.9 Å². The van der Waals surface area contributed by atoms with Gasteiger partial charge < -0.3 is 10.1 Å². The van der Waals surface area contributed by atoms with E-state index < -0.39 is 0 Å². The van der Waals surface area contributed by atoms with Crippen LogP contribution in [0.2, 0.25) is 0 Å². The van der Waals surface area contributed by atoms with E-state index in [9.17, 15) is 0 Å². The molecule has 1 N–H and O–H groups in total. The largest absolute Gasteiger partial charge is 0.439 e. The zero-order valence-corrected chi connectivity index (χ0v) is 14.6. The summed E-state index contributed by atoms with van der Waals surface area (Å²) in [5, 5.41) is 7.89. The van der Waals surface area contributed by atoms with Crippen LogP contribution in [-0.2, 0) is 13.6 Å². The summed E-state index contributed by atoms with van der Waals surface area (Å²) in [6.45, 7) is 7.98. The molecular weight excluding hydrogens is 330 g/mol. The Morgan fingerprint density at radius 3 is 2.76 bits per heavy atom. The lowest BCUT2D eigenvalue weighted by Gasteiger charge is -2.11. The third kappa shape index (κ3) is 3.86. The van der Waals surface area contributed by atoms with Gasteiger partial charge in [0.25, 0.3) is 0 Å². The number of halogens is 1. The molecule has 4 nitrogen and oxygen atoms in total. The molecule has 0 unspecified atom stereocenters. The Hall–Kier alpha value is -1.33. The molecule has 0 radical (unpaired) electrons. The molecule has 0 saturated heterocycles. The molecular formula is C16H22BrN3O. The lowest BCUT2D eigenvalue weighted by atomic mass is 10.2. The van der Waals surface area contributed by atoms with Crippen molar-refractivity contribution in [3.63, 3.8) is 0 Å². The zero-order valence-electron chi connectivity index (χ0n) is 13.0. The topological polar surface area (TPSA) is 39.1 Å².